The number of hydrogen-bond donors (Lipinski definition) is 3. The molecule has 4 heterocycles. The van der Waals surface area contributed by atoms with E-state index < -0.39 is 106 Å². The third-order valence-electron chi connectivity index (χ3n) is 12.7. The summed E-state index contributed by atoms with van der Waals surface area (Å²) in [5, 5.41) is 25.8. The molecule has 4 aliphatic heterocycles. The van der Waals surface area contributed by atoms with Gasteiger partial charge < -0.3 is 44.1 Å². The largest absolute Gasteiger partial charge is 0.462 e. The molecule has 0 radical (unpaired) electrons. The minimum atomic E-state index is -2.17. The number of aliphatic hydroxyl groups excluding tert-OH is 2. The zero-order valence-electron chi connectivity index (χ0n) is 37.7. The predicted molar refractivity (Wildman–Crippen MR) is 239 cm³/mol. The zero-order valence-corrected chi connectivity index (χ0v) is 39.2. The van der Waals surface area contributed by atoms with Crippen molar-refractivity contribution in [2.75, 3.05) is 20.2 Å². The summed E-state index contributed by atoms with van der Waals surface area (Å²) >= 11 is 12.5. The molecule has 0 spiro atoms. The Hall–Kier alpha value is -5.32. The molecule has 15 nitrogen and oxygen atoms in total. The van der Waals surface area contributed by atoms with Crippen molar-refractivity contribution in [3.8, 4) is 11.5 Å². The number of ether oxygens (including phenoxy) is 5. The van der Waals surface area contributed by atoms with Crippen LogP contribution in [0.2, 0.25) is 10.0 Å². The molecule has 9 atom stereocenters. The fourth-order valence-electron chi connectivity index (χ4n) is 8.83. The van der Waals surface area contributed by atoms with Crippen LogP contribution >= 0.6 is 23.2 Å². The SMILES string of the molecule is COC1C=COC2(C)Oc3c(C)c(OC(=O)c4ccc(Cl)cc4Cl)c4c(c3C2=O)C(=O)C(N2CCCC2)=C(NC(=O)C(C)=CC=CC(C)C(O)C(C)C(O)C(C)C(OC(C)=O)C1C)C4=O. The Morgan fingerprint density at radius 1 is 0.908 bits per heavy atom. The molecule has 1 amide bonds. The van der Waals surface area contributed by atoms with E-state index >= 15 is 9.59 Å². The first-order valence-electron chi connectivity index (χ1n) is 21.4. The number of hydrogen-bond acceptors (Lipinski definition) is 14. The Balaban J connectivity index is 1.55. The molecule has 5 bridgehead atoms. The molecular formula is C48H54Cl2N2O13. The molecule has 9 unspecified atom stereocenters. The fraction of sp³-hybridized carbons (Fsp3) is 0.458. The second kappa shape index (κ2) is 19.6. The lowest BCUT2D eigenvalue weighted by Crippen LogP contribution is -2.46. The summed E-state index contributed by atoms with van der Waals surface area (Å²) < 4.78 is 29.8. The summed E-state index contributed by atoms with van der Waals surface area (Å²) in [5.41, 5.74) is -1.74. The Kier molecular flexibility index (Phi) is 14.8. The number of carbonyl (C=O) groups excluding carboxylic acids is 6. The van der Waals surface area contributed by atoms with Crippen LogP contribution in [0.15, 0.2) is 65.7 Å². The highest BCUT2D eigenvalue weighted by atomic mass is 35.5. The van der Waals surface area contributed by atoms with Crippen molar-refractivity contribution in [2.24, 2.45) is 23.7 Å². The smallest absolute Gasteiger partial charge is 0.345 e. The van der Waals surface area contributed by atoms with Crippen LogP contribution in [0.1, 0.15) is 108 Å². The molecule has 1 fully saturated rings. The summed E-state index contributed by atoms with van der Waals surface area (Å²) in [7, 11) is 1.41. The number of nitrogens with zero attached hydrogens (tertiary/aromatic N) is 1. The van der Waals surface area contributed by atoms with E-state index in [1.54, 1.807) is 44.7 Å². The van der Waals surface area contributed by atoms with Crippen LogP contribution in [0.3, 0.4) is 0 Å². The second-order valence-corrected chi connectivity index (χ2v) is 18.0. The van der Waals surface area contributed by atoms with Gasteiger partial charge in [0.1, 0.15) is 29.0 Å². The Bertz CT molecular complexity index is 2440. The van der Waals surface area contributed by atoms with Crippen LogP contribution in [0, 0.1) is 30.6 Å². The number of Topliss-reactive ketones (excluding diaryl/α,β-unsaturated/α-hetero) is 3. The van der Waals surface area contributed by atoms with E-state index in [4.69, 9.17) is 46.9 Å². The minimum Gasteiger partial charge on any atom is -0.462 e. The van der Waals surface area contributed by atoms with E-state index in [-0.39, 0.29) is 49.5 Å². The number of allylic oxidation sites excluding steroid dienone is 4. The average molecular weight is 938 g/mol. The quantitative estimate of drug-likeness (QED) is 0.207. The number of amides is 1. The van der Waals surface area contributed by atoms with Gasteiger partial charge in [-0.2, -0.15) is 0 Å². The molecule has 0 saturated carbocycles. The first-order chi connectivity index (χ1) is 30.6. The van der Waals surface area contributed by atoms with Crippen molar-refractivity contribution in [1.82, 2.24) is 10.2 Å². The van der Waals surface area contributed by atoms with E-state index in [9.17, 15) is 29.4 Å². The van der Waals surface area contributed by atoms with Gasteiger partial charge in [-0.15, -0.1) is 0 Å². The van der Waals surface area contributed by atoms with Gasteiger partial charge in [-0.25, -0.2) is 4.79 Å². The van der Waals surface area contributed by atoms with Crippen LogP contribution in [-0.2, 0) is 23.8 Å². The highest BCUT2D eigenvalue weighted by Crippen LogP contribution is 2.50. The average Bonchev–Trinajstić information content (AvgIpc) is 3.88. The van der Waals surface area contributed by atoms with Crippen molar-refractivity contribution in [2.45, 2.75) is 98.4 Å². The molecule has 7 rings (SSSR count). The lowest BCUT2D eigenvalue weighted by Gasteiger charge is -2.38. The number of likely N-dealkylation sites (tertiary alicyclic amines) is 1. The van der Waals surface area contributed by atoms with E-state index in [1.165, 1.54) is 65.2 Å². The van der Waals surface area contributed by atoms with Gasteiger partial charge in [-0.1, -0.05) is 69.1 Å². The van der Waals surface area contributed by atoms with E-state index in [0.29, 0.717) is 25.9 Å². The third-order valence-corrected chi connectivity index (χ3v) is 13.2. The van der Waals surface area contributed by atoms with E-state index in [1.807, 2.05) is 0 Å². The van der Waals surface area contributed by atoms with Crippen LogP contribution < -0.4 is 14.8 Å². The number of rotatable bonds is 5. The normalized spacial score (nSPS) is 28.8. The van der Waals surface area contributed by atoms with Gasteiger partial charge in [0, 0.05) is 73.9 Å². The van der Waals surface area contributed by atoms with Crippen molar-refractivity contribution < 1.29 is 62.7 Å². The fourth-order valence-corrected chi connectivity index (χ4v) is 9.32. The molecule has 2 aromatic rings. The number of fused-ring (bicyclic) bond motifs is 14. The standard InChI is InChI=1S/C48H54Cl2N2O13/c1-22-13-12-14-23(2)46(59)51-36-37(52-18-10-11-19-52)41(57)33-34(40(36)56)43(64-47(60)30-16-15-29(49)21-31(30)50)27(6)44-35(33)45(58)48(8,65-44)62-20-17-32(61-9)24(3)42(63-28(7)53)26(5)39(55)25(4)38(22)54/h12-17,20-22,24-26,32,38-39,42,54-55H,10-11,18-19H2,1-9H3,(H,51,59). The number of ketones is 3. The highest BCUT2D eigenvalue weighted by molar-refractivity contribution is 6.37. The molecule has 5 aliphatic rings. The number of esters is 2. The van der Waals surface area contributed by atoms with Crippen LogP contribution in [0.5, 0.6) is 11.5 Å². The number of carbonyl (C=O) groups is 6. The molecule has 2 aromatic carbocycles. The summed E-state index contributed by atoms with van der Waals surface area (Å²) in [4.78, 5) is 87.0. The first-order valence-corrected chi connectivity index (χ1v) is 22.2. The van der Waals surface area contributed by atoms with Gasteiger partial charge in [0.25, 0.3) is 11.7 Å². The Labute approximate surface area is 387 Å². The topological polar surface area (TPSA) is 204 Å². The summed E-state index contributed by atoms with van der Waals surface area (Å²) in [6.45, 7) is 13.0. The summed E-state index contributed by atoms with van der Waals surface area (Å²) in [6, 6.07) is 4.07. The van der Waals surface area contributed by atoms with Crippen LogP contribution in [-0.4, -0.2) is 101 Å². The molecule has 0 aromatic heterocycles. The van der Waals surface area contributed by atoms with Gasteiger partial charge in [-0.05, 0) is 51.0 Å². The van der Waals surface area contributed by atoms with E-state index in [2.05, 4.69) is 5.32 Å². The molecule has 17 heteroatoms. The molecule has 3 N–H and O–H groups in total. The number of nitrogens with one attached hydrogen (secondary N) is 1. The zero-order chi connectivity index (χ0) is 47.8. The lowest BCUT2D eigenvalue weighted by molar-refractivity contribution is -0.160. The first kappa shape index (κ1) is 49.1. The van der Waals surface area contributed by atoms with Gasteiger partial charge in [0.2, 0.25) is 11.6 Å². The summed E-state index contributed by atoms with van der Waals surface area (Å²) in [6.07, 6.45) is 4.58. The second-order valence-electron chi connectivity index (χ2n) is 17.2. The van der Waals surface area contributed by atoms with Crippen molar-refractivity contribution in [1.29, 1.82) is 0 Å². The Morgan fingerprint density at radius 3 is 2.22 bits per heavy atom. The third kappa shape index (κ3) is 9.53. The monoisotopic (exact) mass is 936 g/mol. The van der Waals surface area contributed by atoms with Crippen molar-refractivity contribution in [3.63, 3.8) is 0 Å². The highest BCUT2D eigenvalue weighted by Gasteiger charge is 2.54. The number of methoxy groups -OCH3 is 1. The van der Waals surface area contributed by atoms with Gasteiger partial charge >= 0.3 is 17.7 Å². The summed E-state index contributed by atoms with van der Waals surface area (Å²) in [5.74, 6) is -10.4. The number of aliphatic hydroxyl groups is 2. The van der Waals surface area contributed by atoms with E-state index in [0.717, 1.165) is 6.26 Å². The van der Waals surface area contributed by atoms with Crippen molar-refractivity contribution in [3.05, 3.63) is 104 Å². The maximum atomic E-state index is 15.2. The van der Waals surface area contributed by atoms with Gasteiger partial charge in [-0.3, -0.25) is 24.0 Å². The lowest BCUT2D eigenvalue weighted by atomic mass is 9.78. The maximum Gasteiger partial charge on any atom is 0.345 e. The predicted octanol–water partition coefficient (Wildman–Crippen LogP) is 6.87. The van der Waals surface area contributed by atoms with Crippen molar-refractivity contribution >= 4 is 58.4 Å². The molecular weight excluding hydrogens is 883 g/mol. The van der Waals surface area contributed by atoms with Crippen LogP contribution in [0.4, 0.5) is 0 Å². The van der Waals surface area contributed by atoms with Crippen LogP contribution in [0.25, 0.3) is 0 Å². The molecule has 65 heavy (non-hydrogen) atoms. The number of benzene rings is 2. The van der Waals surface area contributed by atoms with Gasteiger partial charge in [0.05, 0.1) is 51.9 Å². The Morgan fingerprint density at radius 2 is 1.58 bits per heavy atom. The maximum absolute atomic E-state index is 15.2. The molecule has 1 aliphatic carbocycles. The minimum absolute atomic E-state index is 0.0179. The van der Waals surface area contributed by atoms with Gasteiger partial charge in [0.15, 0.2) is 0 Å². The molecule has 348 valence electrons. The molecule has 1 saturated heterocycles. The number of halogens is 2.